The van der Waals surface area contributed by atoms with Gasteiger partial charge in [-0.15, -0.1) is 0 Å². The minimum absolute atomic E-state index is 0.0852. The first-order valence-electron chi connectivity index (χ1n) is 4.04. The number of rotatable bonds is 3. The van der Waals surface area contributed by atoms with Gasteiger partial charge in [0.15, 0.2) is 23.5 Å². The zero-order valence-electron chi connectivity index (χ0n) is 7.95. The predicted octanol–water partition coefficient (Wildman–Crippen LogP) is 1.78. The van der Waals surface area contributed by atoms with Crippen molar-refractivity contribution in [2.75, 3.05) is 7.11 Å². The van der Waals surface area contributed by atoms with Gasteiger partial charge in [0.05, 0.1) is 7.11 Å². The smallest absolute Gasteiger partial charge is 0.188 e. The largest absolute Gasteiger partial charge is 0.504 e. The van der Waals surface area contributed by atoms with E-state index < -0.39 is 5.67 Å². The van der Waals surface area contributed by atoms with Gasteiger partial charge in [-0.1, -0.05) is 6.07 Å². The van der Waals surface area contributed by atoms with Crippen LogP contribution in [0.25, 0.3) is 0 Å². The zero-order chi connectivity index (χ0) is 10.8. The zero-order valence-corrected chi connectivity index (χ0v) is 7.95. The molecule has 0 saturated carbocycles. The van der Waals surface area contributed by atoms with Crippen molar-refractivity contribution in [3.05, 3.63) is 23.8 Å². The highest BCUT2D eigenvalue weighted by Crippen LogP contribution is 2.32. The second-order valence-corrected chi connectivity index (χ2v) is 3.08. The van der Waals surface area contributed by atoms with Gasteiger partial charge in [0.25, 0.3) is 0 Å². The fourth-order valence-electron chi connectivity index (χ4n) is 1.05. The maximum absolute atomic E-state index is 13.5. The summed E-state index contributed by atoms with van der Waals surface area (Å²) in [5.74, 6) is 0.0613. The first kappa shape index (κ1) is 10.5. The fourth-order valence-corrected chi connectivity index (χ4v) is 1.05. The molecule has 76 valence electrons. The van der Waals surface area contributed by atoms with Crippen LogP contribution in [0.2, 0.25) is 0 Å². The van der Waals surface area contributed by atoms with Gasteiger partial charge in [0.2, 0.25) is 0 Å². The van der Waals surface area contributed by atoms with E-state index in [1.807, 2.05) is 0 Å². The molecule has 1 rings (SSSR count). The molecule has 4 heteroatoms. The Hall–Kier alpha value is -1.58. The number of alkyl halides is 1. The Morgan fingerprint density at radius 3 is 2.71 bits per heavy atom. The topological polar surface area (TPSA) is 46.5 Å². The Morgan fingerprint density at radius 2 is 2.21 bits per heavy atom. The Kier molecular flexibility index (Phi) is 2.74. The molecule has 3 nitrogen and oxygen atoms in total. The predicted molar refractivity (Wildman–Crippen MR) is 49.2 cm³/mol. The standard InChI is InChI=1S/C10H11FO3/c1-10(11,6-12)7-3-4-8(13)9(5-7)14-2/h3-6,13H,1-2H3. The molecule has 0 saturated heterocycles. The van der Waals surface area contributed by atoms with Crippen molar-refractivity contribution in [3.8, 4) is 11.5 Å². The third kappa shape index (κ3) is 1.84. The van der Waals surface area contributed by atoms with Crippen molar-refractivity contribution < 1.29 is 19.0 Å². The van der Waals surface area contributed by atoms with Crippen molar-refractivity contribution in [2.24, 2.45) is 0 Å². The van der Waals surface area contributed by atoms with Gasteiger partial charge in [-0.3, -0.25) is 4.79 Å². The number of carbonyl (C=O) groups excluding carboxylic acids is 1. The van der Waals surface area contributed by atoms with Crippen molar-refractivity contribution in [1.82, 2.24) is 0 Å². The van der Waals surface area contributed by atoms with E-state index in [4.69, 9.17) is 4.74 Å². The van der Waals surface area contributed by atoms with Crippen LogP contribution in [0.4, 0.5) is 4.39 Å². The van der Waals surface area contributed by atoms with Gasteiger partial charge in [0.1, 0.15) is 0 Å². The van der Waals surface area contributed by atoms with E-state index in [9.17, 15) is 14.3 Å². The molecule has 0 fully saturated rings. The summed E-state index contributed by atoms with van der Waals surface area (Å²) in [5, 5.41) is 9.24. The average Bonchev–Trinajstić information content (AvgIpc) is 2.18. The summed E-state index contributed by atoms with van der Waals surface area (Å²) in [6.07, 6.45) is 0.207. The first-order chi connectivity index (χ1) is 6.51. The van der Waals surface area contributed by atoms with Gasteiger partial charge in [-0.05, 0) is 24.6 Å². The number of ether oxygens (including phenoxy) is 1. The number of methoxy groups -OCH3 is 1. The molecule has 1 aromatic rings. The maximum Gasteiger partial charge on any atom is 0.188 e. The van der Waals surface area contributed by atoms with Crippen LogP contribution in [0.1, 0.15) is 12.5 Å². The van der Waals surface area contributed by atoms with E-state index in [-0.39, 0.29) is 23.3 Å². The van der Waals surface area contributed by atoms with E-state index in [0.29, 0.717) is 0 Å². The van der Waals surface area contributed by atoms with Crippen LogP contribution < -0.4 is 4.74 Å². The van der Waals surface area contributed by atoms with Crippen LogP contribution in [0.15, 0.2) is 18.2 Å². The Labute approximate surface area is 81.1 Å². The number of hydrogen-bond acceptors (Lipinski definition) is 3. The van der Waals surface area contributed by atoms with Crippen LogP contribution in [-0.4, -0.2) is 18.5 Å². The van der Waals surface area contributed by atoms with E-state index >= 15 is 0 Å². The van der Waals surface area contributed by atoms with Crippen LogP contribution in [-0.2, 0) is 10.5 Å². The number of aromatic hydroxyl groups is 1. The second-order valence-electron chi connectivity index (χ2n) is 3.08. The first-order valence-corrected chi connectivity index (χ1v) is 4.04. The number of hydrogen-bond donors (Lipinski definition) is 1. The van der Waals surface area contributed by atoms with Crippen molar-refractivity contribution >= 4 is 6.29 Å². The number of halogens is 1. The summed E-state index contributed by atoms with van der Waals surface area (Å²) in [7, 11) is 1.36. The quantitative estimate of drug-likeness (QED) is 0.753. The Morgan fingerprint density at radius 1 is 1.57 bits per heavy atom. The molecular weight excluding hydrogens is 187 g/mol. The van der Waals surface area contributed by atoms with Crippen molar-refractivity contribution in [1.29, 1.82) is 0 Å². The normalized spacial score (nSPS) is 14.5. The minimum Gasteiger partial charge on any atom is -0.504 e. The lowest BCUT2D eigenvalue weighted by Gasteiger charge is -2.14. The molecule has 0 bridgehead atoms. The highest BCUT2D eigenvalue weighted by atomic mass is 19.1. The lowest BCUT2D eigenvalue weighted by atomic mass is 9.99. The number of phenolic OH excluding ortho intramolecular Hbond substituents is 1. The summed E-state index contributed by atoms with van der Waals surface area (Å²) in [6.45, 7) is 1.14. The van der Waals surface area contributed by atoms with E-state index in [0.717, 1.165) is 6.92 Å². The fraction of sp³-hybridized carbons (Fsp3) is 0.300. The number of benzene rings is 1. The third-order valence-electron chi connectivity index (χ3n) is 1.97. The van der Waals surface area contributed by atoms with Crippen molar-refractivity contribution in [2.45, 2.75) is 12.6 Å². The molecule has 0 spiro atoms. The number of phenols is 1. The molecule has 0 radical (unpaired) electrons. The molecule has 14 heavy (non-hydrogen) atoms. The molecule has 0 aliphatic carbocycles. The summed E-state index contributed by atoms with van der Waals surface area (Å²) in [5.41, 5.74) is -1.90. The van der Waals surface area contributed by atoms with Crippen LogP contribution in [0, 0.1) is 0 Å². The number of carbonyl (C=O) groups is 1. The Balaban J connectivity index is 3.19. The van der Waals surface area contributed by atoms with Gasteiger partial charge < -0.3 is 9.84 Å². The summed E-state index contributed by atoms with van der Waals surface area (Å²) < 4.78 is 18.3. The third-order valence-corrected chi connectivity index (χ3v) is 1.97. The SMILES string of the molecule is COc1cc(C(C)(F)C=O)ccc1O. The molecule has 1 atom stereocenters. The van der Waals surface area contributed by atoms with Gasteiger partial charge in [0, 0.05) is 0 Å². The molecule has 1 N–H and O–H groups in total. The average molecular weight is 198 g/mol. The number of aldehydes is 1. The molecule has 0 heterocycles. The lowest BCUT2D eigenvalue weighted by molar-refractivity contribution is -0.117. The van der Waals surface area contributed by atoms with Gasteiger partial charge >= 0.3 is 0 Å². The lowest BCUT2D eigenvalue weighted by Crippen LogP contribution is -2.16. The summed E-state index contributed by atoms with van der Waals surface area (Å²) in [4.78, 5) is 10.4. The molecule has 1 unspecified atom stereocenters. The summed E-state index contributed by atoms with van der Waals surface area (Å²) >= 11 is 0. The molecule has 0 aliphatic heterocycles. The van der Waals surface area contributed by atoms with E-state index in [1.54, 1.807) is 0 Å². The molecular formula is C10H11FO3. The molecule has 1 aromatic carbocycles. The molecule has 0 amide bonds. The highest BCUT2D eigenvalue weighted by Gasteiger charge is 2.25. The van der Waals surface area contributed by atoms with E-state index in [2.05, 4.69) is 0 Å². The van der Waals surface area contributed by atoms with Gasteiger partial charge in [-0.25, -0.2) is 4.39 Å². The molecule has 0 aromatic heterocycles. The minimum atomic E-state index is -2.05. The highest BCUT2D eigenvalue weighted by molar-refractivity contribution is 5.66. The van der Waals surface area contributed by atoms with Gasteiger partial charge in [-0.2, -0.15) is 0 Å². The van der Waals surface area contributed by atoms with Crippen LogP contribution in [0.5, 0.6) is 11.5 Å². The summed E-state index contributed by atoms with van der Waals surface area (Å²) in [6, 6.07) is 3.92. The van der Waals surface area contributed by atoms with Crippen LogP contribution in [0.3, 0.4) is 0 Å². The second kappa shape index (κ2) is 3.65. The van der Waals surface area contributed by atoms with E-state index in [1.165, 1.54) is 25.3 Å². The Bertz CT molecular complexity index is 347. The maximum atomic E-state index is 13.5. The molecule has 0 aliphatic rings. The van der Waals surface area contributed by atoms with Crippen molar-refractivity contribution in [3.63, 3.8) is 0 Å². The monoisotopic (exact) mass is 198 g/mol. The van der Waals surface area contributed by atoms with Crippen LogP contribution >= 0.6 is 0 Å².